The third-order valence-corrected chi connectivity index (χ3v) is 3.86. The topological polar surface area (TPSA) is 37.3 Å². The van der Waals surface area contributed by atoms with Crippen LogP contribution < -0.4 is 0 Å². The number of hydrogen-bond donors (Lipinski definition) is 1. The number of benzene rings is 1. The third-order valence-electron chi connectivity index (χ3n) is 3.02. The third kappa shape index (κ3) is 2.02. The summed E-state index contributed by atoms with van der Waals surface area (Å²) in [7, 11) is 0. The molecule has 0 radical (unpaired) electrons. The second-order valence-corrected chi connectivity index (χ2v) is 4.96. The van der Waals surface area contributed by atoms with Gasteiger partial charge >= 0.3 is 5.97 Å². The number of carbonyl (C=O) groups is 1. The Bertz CT molecular complexity index is 366. The maximum Gasteiger partial charge on any atom is 0.335 e. The summed E-state index contributed by atoms with van der Waals surface area (Å²) in [6.45, 7) is 0. The van der Waals surface area contributed by atoms with E-state index in [-0.39, 0.29) is 0 Å². The van der Waals surface area contributed by atoms with E-state index in [2.05, 4.69) is 6.26 Å². The van der Waals surface area contributed by atoms with Crippen molar-refractivity contribution in [3.8, 4) is 0 Å². The van der Waals surface area contributed by atoms with Gasteiger partial charge in [-0.1, -0.05) is 12.1 Å². The van der Waals surface area contributed by atoms with E-state index in [9.17, 15) is 4.79 Å². The van der Waals surface area contributed by atoms with Gasteiger partial charge in [0.1, 0.15) is 0 Å². The summed E-state index contributed by atoms with van der Waals surface area (Å²) in [5.41, 5.74) is 2.01. The zero-order valence-electron chi connectivity index (χ0n) is 8.69. The number of carboxylic acids is 1. The Hall–Kier alpha value is -0.960. The van der Waals surface area contributed by atoms with E-state index in [4.69, 9.17) is 5.11 Å². The molecule has 0 bridgehead atoms. The number of aromatic carboxylic acids is 1. The van der Waals surface area contributed by atoms with Crippen LogP contribution in [-0.2, 0) is 5.41 Å². The lowest BCUT2D eigenvalue weighted by Crippen LogP contribution is -2.10. The van der Waals surface area contributed by atoms with Gasteiger partial charge in [-0.2, -0.15) is 11.8 Å². The van der Waals surface area contributed by atoms with Crippen LogP contribution in [-0.4, -0.2) is 23.1 Å². The molecule has 0 heterocycles. The van der Waals surface area contributed by atoms with Gasteiger partial charge in [-0.3, -0.25) is 0 Å². The lowest BCUT2D eigenvalue weighted by molar-refractivity contribution is 0.0697. The van der Waals surface area contributed by atoms with Gasteiger partial charge in [0, 0.05) is 11.2 Å². The van der Waals surface area contributed by atoms with E-state index < -0.39 is 5.97 Å². The van der Waals surface area contributed by atoms with Crippen molar-refractivity contribution >= 4 is 17.7 Å². The van der Waals surface area contributed by atoms with Crippen molar-refractivity contribution in [1.82, 2.24) is 0 Å². The van der Waals surface area contributed by atoms with Crippen LogP contribution in [0.1, 0.15) is 28.8 Å². The van der Waals surface area contributed by atoms with E-state index in [1.54, 1.807) is 12.1 Å². The van der Waals surface area contributed by atoms with Gasteiger partial charge in [0.05, 0.1) is 5.56 Å². The summed E-state index contributed by atoms with van der Waals surface area (Å²) in [6.07, 6.45) is 4.59. The highest BCUT2D eigenvalue weighted by Gasteiger charge is 2.43. The molecule has 1 fully saturated rings. The number of hydrogen-bond acceptors (Lipinski definition) is 2. The van der Waals surface area contributed by atoms with Crippen molar-refractivity contribution in [3.63, 3.8) is 0 Å². The van der Waals surface area contributed by atoms with E-state index in [0.717, 1.165) is 5.75 Å². The Morgan fingerprint density at radius 2 is 2.00 bits per heavy atom. The van der Waals surface area contributed by atoms with Crippen LogP contribution in [0.5, 0.6) is 0 Å². The fraction of sp³-hybridized carbons (Fsp3) is 0.417. The Morgan fingerprint density at radius 1 is 1.40 bits per heavy atom. The maximum atomic E-state index is 10.7. The van der Waals surface area contributed by atoms with Crippen LogP contribution in [0.25, 0.3) is 0 Å². The molecular weight excluding hydrogens is 208 g/mol. The standard InChI is InChI=1S/C12H14O2S/c1-15-8-12(6-7-12)10-4-2-9(3-5-10)11(13)14/h2-5H,6-8H2,1H3,(H,13,14). The fourth-order valence-electron chi connectivity index (χ4n) is 1.91. The van der Waals surface area contributed by atoms with Gasteiger partial charge in [0.15, 0.2) is 0 Å². The quantitative estimate of drug-likeness (QED) is 0.851. The van der Waals surface area contributed by atoms with Gasteiger partial charge < -0.3 is 5.11 Å². The van der Waals surface area contributed by atoms with E-state index in [0.29, 0.717) is 11.0 Å². The number of carboxylic acid groups (broad SMARTS) is 1. The van der Waals surface area contributed by atoms with Crippen LogP contribution in [0.3, 0.4) is 0 Å². The fourth-order valence-corrected chi connectivity index (χ4v) is 2.92. The highest BCUT2D eigenvalue weighted by atomic mass is 32.2. The number of thioether (sulfide) groups is 1. The molecule has 1 saturated carbocycles. The Kier molecular flexibility index (Phi) is 2.74. The first-order valence-electron chi connectivity index (χ1n) is 5.01. The molecule has 0 atom stereocenters. The molecular formula is C12H14O2S. The molecule has 1 aromatic rings. The molecule has 15 heavy (non-hydrogen) atoms. The minimum Gasteiger partial charge on any atom is -0.478 e. The Balaban J connectivity index is 2.20. The minimum atomic E-state index is -0.851. The van der Waals surface area contributed by atoms with Crippen molar-refractivity contribution in [1.29, 1.82) is 0 Å². The zero-order chi connectivity index (χ0) is 10.9. The SMILES string of the molecule is CSCC1(c2ccc(C(=O)O)cc2)CC1. The van der Waals surface area contributed by atoms with Gasteiger partial charge in [0.25, 0.3) is 0 Å². The van der Waals surface area contributed by atoms with Crippen molar-refractivity contribution < 1.29 is 9.90 Å². The van der Waals surface area contributed by atoms with Gasteiger partial charge in [-0.05, 0) is 36.8 Å². The summed E-state index contributed by atoms with van der Waals surface area (Å²) in [4.78, 5) is 10.7. The predicted molar refractivity (Wildman–Crippen MR) is 62.7 cm³/mol. The maximum absolute atomic E-state index is 10.7. The molecule has 0 aliphatic heterocycles. The highest BCUT2D eigenvalue weighted by Crippen LogP contribution is 2.49. The first-order chi connectivity index (χ1) is 7.18. The summed E-state index contributed by atoms with van der Waals surface area (Å²) >= 11 is 1.86. The second kappa shape index (κ2) is 3.89. The summed E-state index contributed by atoms with van der Waals surface area (Å²) in [5.74, 6) is 0.288. The van der Waals surface area contributed by atoms with Crippen LogP contribution in [0.4, 0.5) is 0 Å². The van der Waals surface area contributed by atoms with E-state index in [1.807, 2.05) is 23.9 Å². The lowest BCUT2D eigenvalue weighted by Gasteiger charge is -2.13. The van der Waals surface area contributed by atoms with Crippen LogP contribution in [0.2, 0.25) is 0 Å². The summed E-state index contributed by atoms with van der Waals surface area (Å²) in [5, 5.41) is 8.79. The van der Waals surface area contributed by atoms with Crippen molar-refractivity contribution in [3.05, 3.63) is 35.4 Å². The molecule has 1 N–H and O–H groups in total. The largest absolute Gasteiger partial charge is 0.478 e. The van der Waals surface area contributed by atoms with Crippen molar-refractivity contribution in [2.24, 2.45) is 0 Å². The monoisotopic (exact) mass is 222 g/mol. The van der Waals surface area contributed by atoms with Gasteiger partial charge in [-0.15, -0.1) is 0 Å². The molecule has 80 valence electrons. The summed E-state index contributed by atoms with van der Waals surface area (Å²) in [6, 6.07) is 7.34. The zero-order valence-corrected chi connectivity index (χ0v) is 9.51. The molecule has 3 heteroatoms. The van der Waals surface area contributed by atoms with E-state index in [1.165, 1.54) is 18.4 Å². The molecule has 1 aliphatic rings. The van der Waals surface area contributed by atoms with E-state index >= 15 is 0 Å². The van der Waals surface area contributed by atoms with Crippen LogP contribution >= 0.6 is 11.8 Å². The van der Waals surface area contributed by atoms with Crippen molar-refractivity contribution in [2.45, 2.75) is 18.3 Å². The first-order valence-corrected chi connectivity index (χ1v) is 6.40. The van der Waals surface area contributed by atoms with Crippen LogP contribution in [0, 0.1) is 0 Å². The van der Waals surface area contributed by atoms with Gasteiger partial charge in [-0.25, -0.2) is 4.79 Å². The van der Waals surface area contributed by atoms with Crippen LogP contribution in [0.15, 0.2) is 24.3 Å². The molecule has 0 aromatic heterocycles. The van der Waals surface area contributed by atoms with Gasteiger partial charge in [0.2, 0.25) is 0 Å². The Morgan fingerprint density at radius 3 is 2.40 bits per heavy atom. The summed E-state index contributed by atoms with van der Waals surface area (Å²) < 4.78 is 0. The minimum absolute atomic E-state index is 0.344. The lowest BCUT2D eigenvalue weighted by atomic mass is 9.97. The molecule has 0 saturated heterocycles. The Labute approximate surface area is 93.7 Å². The molecule has 0 spiro atoms. The first kappa shape index (κ1) is 10.6. The second-order valence-electron chi connectivity index (χ2n) is 4.10. The molecule has 0 amide bonds. The number of rotatable bonds is 4. The molecule has 2 rings (SSSR count). The average Bonchev–Trinajstić information content (AvgIpc) is 3.00. The molecule has 1 aliphatic carbocycles. The highest BCUT2D eigenvalue weighted by molar-refractivity contribution is 7.98. The molecule has 2 nitrogen and oxygen atoms in total. The smallest absolute Gasteiger partial charge is 0.335 e. The van der Waals surface area contributed by atoms with Crippen molar-refractivity contribution in [2.75, 3.05) is 12.0 Å². The normalized spacial score (nSPS) is 17.4. The molecule has 1 aromatic carbocycles. The average molecular weight is 222 g/mol. The predicted octanol–water partition coefficient (Wildman–Crippen LogP) is 2.78. The molecule has 0 unspecified atom stereocenters.